The standard InChI is InChI=1S/C12H9N3O4/c1-2-3-7-19-12(16)11(14-13)9-5-4-6-10(8-9)15(17)18/h4-6,8H,7H2,1H3. The number of nitrogens with zero attached hydrogens (tertiary/aromatic N) is 3. The van der Waals surface area contributed by atoms with Gasteiger partial charge in [0.15, 0.2) is 6.61 Å². The quantitative estimate of drug-likeness (QED) is 0.154. The Morgan fingerprint density at radius 3 is 2.89 bits per heavy atom. The number of nitro benzene ring substituents is 1. The molecule has 0 atom stereocenters. The van der Waals surface area contributed by atoms with Gasteiger partial charge in [-0.3, -0.25) is 10.1 Å². The second-order valence-electron chi connectivity index (χ2n) is 3.26. The Morgan fingerprint density at radius 2 is 2.32 bits per heavy atom. The molecule has 0 aliphatic rings. The van der Waals surface area contributed by atoms with Gasteiger partial charge in [0.1, 0.15) is 0 Å². The fourth-order valence-corrected chi connectivity index (χ4v) is 1.23. The number of rotatable bonds is 4. The van der Waals surface area contributed by atoms with E-state index in [0.29, 0.717) is 0 Å². The normalized spacial score (nSPS) is 8.68. The highest BCUT2D eigenvalue weighted by Gasteiger charge is 2.26. The molecule has 0 aromatic heterocycles. The predicted molar refractivity (Wildman–Crippen MR) is 65.2 cm³/mol. The molecule has 1 aromatic rings. The molecule has 0 aliphatic heterocycles. The summed E-state index contributed by atoms with van der Waals surface area (Å²) in [4.78, 5) is 24.4. The number of carbonyl (C=O) groups excluding carboxylic acids is 1. The van der Waals surface area contributed by atoms with Crippen LogP contribution in [0.15, 0.2) is 24.3 Å². The van der Waals surface area contributed by atoms with Crippen molar-refractivity contribution >= 4 is 17.4 Å². The van der Waals surface area contributed by atoms with Gasteiger partial charge in [0.25, 0.3) is 5.69 Å². The van der Waals surface area contributed by atoms with E-state index in [0.717, 1.165) is 6.07 Å². The molecule has 0 N–H and O–H groups in total. The van der Waals surface area contributed by atoms with E-state index in [-0.39, 0.29) is 17.9 Å². The number of carbonyl (C=O) groups is 1. The van der Waals surface area contributed by atoms with Crippen molar-refractivity contribution in [3.63, 3.8) is 0 Å². The average Bonchev–Trinajstić information content (AvgIpc) is 2.40. The number of non-ortho nitro benzene ring substituents is 1. The highest BCUT2D eigenvalue weighted by molar-refractivity contribution is 6.40. The van der Waals surface area contributed by atoms with Gasteiger partial charge in [0, 0.05) is 12.1 Å². The van der Waals surface area contributed by atoms with Crippen LogP contribution >= 0.6 is 0 Å². The lowest BCUT2D eigenvalue weighted by molar-refractivity contribution is -0.384. The molecule has 0 aliphatic carbocycles. The molecular weight excluding hydrogens is 250 g/mol. The molecule has 0 heterocycles. The fraction of sp³-hybridized carbons (Fsp3) is 0.167. The van der Waals surface area contributed by atoms with Crippen molar-refractivity contribution in [2.75, 3.05) is 6.61 Å². The van der Waals surface area contributed by atoms with Crippen LogP contribution in [0.1, 0.15) is 12.5 Å². The van der Waals surface area contributed by atoms with Crippen molar-refractivity contribution < 1.29 is 19.2 Å². The van der Waals surface area contributed by atoms with Crippen molar-refractivity contribution in [1.82, 2.24) is 0 Å². The predicted octanol–water partition coefficient (Wildman–Crippen LogP) is 1.18. The van der Waals surface area contributed by atoms with Gasteiger partial charge in [-0.15, -0.1) is 5.92 Å². The van der Waals surface area contributed by atoms with E-state index in [2.05, 4.69) is 16.6 Å². The summed E-state index contributed by atoms with van der Waals surface area (Å²) in [5.74, 6) is 4.11. The van der Waals surface area contributed by atoms with E-state index in [1.54, 1.807) is 6.92 Å². The maximum atomic E-state index is 11.6. The zero-order valence-corrected chi connectivity index (χ0v) is 9.99. The molecule has 0 saturated carbocycles. The minimum atomic E-state index is -0.911. The molecule has 0 saturated heterocycles. The van der Waals surface area contributed by atoms with Crippen LogP contribution in [0.3, 0.4) is 0 Å². The Balaban J connectivity index is 3.00. The fourth-order valence-electron chi connectivity index (χ4n) is 1.23. The summed E-state index contributed by atoms with van der Waals surface area (Å²) in [6.07, 6.45) is 0. The van der Waals surface area contributed by atoms with E-state index in [1.165, 1.54) is 18.2 Å². The van der Waals surface area contributed by atoms with Crippen LogP contribution in [0.25, 0.3) is 5.53 Å². The molecule has 96 valence electrons. The molecule has 7 heteroatoms. The molecule has 1 aromatic carbocycles. The first-order chi connectivity index (χ1) is 9.10. The molecule has 7 nitrogen and oxygen atoms in total. The lowest BCUT2D eigenvalue weighted by Gasteiger charge is -1.97. The summed E-state index contributed by atoms with van der Waals surface area (Å²) in [6, 6.07) is 5.14. The van der Waals surface area contributed by atoms with Crippen molar-refractivity contribution in [2.45, 2.75) is 6.92 Å². The molecule has 1 rings (SSSR count). The molecule has 0 unspecified atom stereocenters. The molecule has 0 fully saturated rings. The van der Waals surface area contributed by atoms with Crippen LogP contribution in [0, 0.1) is 22.0 Å². The largest absolute Gasteiger partial charge is 0.444 e. The monoisotopic (exact) mass is 259 g/mol. The van der Waals surface area contributed by atoms with E-state index in [9.17, 15) is 14.9 Å². The topological polar surface area (TPSA) is 106 Å². The summed E-state index contributed by atoms with van der Waals surface area (Å²) >= 11 is 0. The van der Waals surface area contributed by atoms with Gasteiger partial charge < -0.3 is 10.3 Å². The molecular formula is C12H9N3O4. The van der Waals surface area contributed by atoms with Crippen LogP contribution in [-0.4, -0.2) is 28.0 Å². The Labute approximate surface area is 108 Å². The number of hydrogen-bond acceptors (Lipinski definition) is 4. The van der Waals surface area contributed by atoms with Crippen LogP contribution in [0.2, 0.25) is 0 Å². The Bertz CT molecular complexity index is 621. The van der Waals surface area contributed by atoms with Gasteiger partial charge in [-0.25, -0.2) is 4.79 Å². The summed E-state index contributed by atoms with van der Waals surface area (Å²) in [7, 11) is 0. The lowest BCUT2D eigenvalue weighted by Crippen LogP contribution is -2.20. The van der Waals surface area contributed by atoms with Gasteiger partial charge >= 0.3 is 11.7 Å². The zero-order valence-electron chi connectivity index (χ0n) is 9.99. The first-order valence-corrected chi connectivity index (χ1v) is 5.13. The Kier molecular flexibility index (Phi) is 4.96. The third-order valence-electron chi connectivity index (χ3n) is 2.08. The molecule has 0 spiro atoms. The van der Waals surface area contributed by atoms with E-state index in [1.807, 2.05) is 0 Å². The first-order valence-electron chi connectivity index (χ1n) is 5.13. The number of benzene rings is 1. The first kappa shape index (κ1) is 14.1. The second kappa shape index (κ2) is 6.69. The highest BCUT2D eigenvalue weighted by atomic mass is 16.6. The Hall–Kier alpha value is -2.97. The minimum absolute atomic E-state index is 0.0890. The van der Waals surface area contributed by atoms with Gasteiger partial charge in [0.05, 0.1) is 10.5 Å². The summed E-state index contributed by atoms with van der Waals surface area (Å²) in [5.41, 5.74) is 8.27. The number of hydrogen-bond donors (Lipinski definition) is 0. The second-order valence-corrected chi connectivity index (χ2v) is 3.26. The average molecular weight is 259 g/mol. The number of nitro groups is 1. The van der Waals surface area contributed by atoms with Crippen LogP contribution < -0.4 is 0 Å². The van der Waals surface area contributed by atoms with Gasteiger partial charge in [-0.1, -0.05) is 12.0 Å². The van der Waals surface area contributed by atoms with E-state index in [4.69, 9.17) is 10.3 Å². The summed E-state index contributed by atoms with van der Waals surface area (Å²) < 4.78 is 4.72. The zero-order chi connectivity index (χ0) is 14.3. The molecule has 19 heavy (non-hydrogen) atoms. The van der Waals surface area contributed by atoms with E-state index < -0.39 is 16.6 Å². The molecule has 0 radical (unpaired) electrons. The van der Waals surface area contributed by atoms with E-state index >= 15 is 0 Å². The van der Waals surface area contributed by atoms with Crippen LogP contribution in [0.4, 0.5) is 5.69 Å². The van der Waals surface area contributed by atoms with Gasteiger partial charge in [0.2, 0.25) is 0 Å². The smallest absolute Gasteiger partial charge is 0.423 e. The van der Waals surface area contributed by atoms with Crippen molar-refractivity contribution in [2.24, 2.45) is 0 Å². The maximum absolute atomic E-state index is 11.6. The van der Waals surface area contributed by atoms with Crippen molar-refractivity contribution in [3.8, 4) is 11.8 Å². The summed E-state index contributed by atoms with van der Waals surface area (Å²) in [6.45, 7) is 1.43. The summed E-state index contributed by atoms with van der Waals surface area (Å²) in [5, 5.41) is 10.6. The van der Waals surface area contributed by atoms with Gasteiger partial charge in [-0.05, 0) is 13.0 Å². The van der Waals surface area contributed by atoms with Gasteiger partial charge in [-0.2, -0.15) is 4.79 Å². The third kappa shape index (κ3) is 3.77. The third-order valence-corrected chi connectivity index (χ3v) is 2.08. The maximum Gasteiger partial charge on any atom is 0.423 e. The van der Waals surface area contributed by atoms with Crippen molar-refractivity contribution in [1.29, 1.82) is 0 Å². The number of ether oxygens (including phenoxy) is 1. The molecule has 0 amide bonds. The highest BCUT2D eigenvalue weighted by Crippen LogP contribution is 2.13. The number of esters is 1. The SMILES string of the molecule is CC#CCOC(=O)C(=[N+]=[N-])c1cccc([N+](=O)[O-])c1. The van der Waals surface area contributed by atoms with Crippen molar-refractivity contribution in [3.05, 3.63) is 45.5 Å². The molecule has 0 bridgehead atoms. The van der Waals surface area contributed by atoms with Crippen LogP contribution in [0.5, 0.6) is 0 Å². The lowest BCUT2D eigenvalue weighted by atomic mass is 10.1. The minimum Gasteiger partial charge on any atom is -0.444 e. The van der Waals surface area contributed by atoms with Crippen LogP contribution in [-0.2, 0) is 9.53 Å². The Morgan fingerprint density at radius 1 is 1.58 bits per heavy atom.